The van der Waals surface area contributed by atoms with Crippen LogP contribution in [0.3, 0.4) is 0 Å². The van der Waals surface area contributed by atoms with E-state index < -0.39 is 0 Å². The lowest BCUT2D eigenvalue weighted by atomic mass is 10.4. The van der Waals surface area contributed by atoms with Crippen molar-refractivity contribution in [1.29, 1.82) is 0 Å². The minimum Gasteiger partial charge on any atom is -0.497 e. The Morgan fingerprint density at radius 3 is 2.82 bits per heavy atom. The lowest BCUT2D eigenvalue weighted by Gasteiger charge is -1.99. The van der Waals surface area contributed by atoms with Crippen LogP contribution in [0.4, 0.5) is 0 Å². The molecule has 0 aromatic heterocycles. The van der Waals surface area contributed by atoms with Gasteiger partial charge in [-0.3, -0.25) is 4.99 Å². The van der Waals surface area contributed by atoms with Crippen LogP contribution in [0.25, 0.3) is 0 Å². The summed E-state index contributed by atoms with van der Waals surface area (Å²) in [6.45, 7) is 7.08. The molecule has 0 aliphatic heterocycles. The summed E-state index contributed by atoms with van der Waals surface area (Å²) in [4.78, 5) is 3.81. The zero-order valence-electron chi connectivity index (χ0n) is 6.34. The minimum absolute atomic E-state index is 0.609. The number of hydrogen-bond donors (Lipinski definition) is 0. The van der Waals surface area contributed by atoms with Crippen molar-refractivity contribution in [2.24, 2.45) is 4.99 Å². The number of rotatable bonds is 5. The molecule has 0 rings (SSSR count). The van der Waals surface area contributed by atoms with Crippen LogP contribution in [0.2, 0.25) is 0 Å². The van der Waals surface area contributed by atoms with Gasteiger partial charge in [-0.05, 0) is 27.9 Å². The van der Waals surface area contributed by atoms with Gasteiger partial charge in [-0.1, -0.05) is 15.5 Å². The highest BCUT2D eigenvalue weighted by Gasteiger charge is 1.93. The Morgan fingerprint density at radius 2 is 2.45 bits per heavy atom. The van der Waals surface area contributed by atoms with Gasteiger partial charge in [0, 0.05) is 11.8 Å². The third-order valence-corrected chi connectivity index (χ3v) is 2.33. The predicted octanol–water partition coefficient (Wildman–Crippen LogP) is 2.81. The SMILES string of the molecule is C=N/C(=C\C(=C)OC)CSI. The first kappa shape index (κ1) is 11.0. The van der Waals surface area contributed by atoms with Crippen LogP contribution in [0, 0.1) is 0 Å². The number of halogens is 1. The number of hydrogen-bond acceptors (Lipinski definition) is 3. The van der Waals surface area contributed by atoms with E-state index in [2.05, 4.69) is 39.5 Å². The number of allylic oxidation sites excluding steroid dienone is 1. The summed E-state index contributed by atoms with van der Waals surface area (Å²) in [5.74, 6) is 1.43. The minimum atomic E-state index is 0.609. The van der Waals surface area contributed by atoms with Crippen molar-refractivity contribution < 1.29 is 4.74 Å². The molecule has 62 valence electrons. The predicted molar refractivity (Wildman–Crippen MR) is 60.3 cm³/mol. The van der Waals surface area contributed by atoms with Gasteiger partial charge in [0.2, 0.25) is 0 Å². The van der Waals surface area contributed by atoms with Gasteiger partial charge in [-0.25, -0.2) is 0 Å². The number of aliphatic imine (C=N–C) groups is 1. The van der Waals surface area contributed by atoms with E-state index in [0.29, 0.717) is 5.76 Å². The van der Waals surface area contributed by atoms with Crippen molar-refractivity contribution in [3.63, 3.8) is 0 Å². The second kappa shape index (κ2) is 6.72. The van der Waals surface area contributed by atoms with E-state index in [1.54, 1.807) is 22.1 Å². The Balaban J connectivity index is 4.10. The van der Waals surface area contributed by atoms with Crippen LogP contribution < -0.4 is 0 Å². The maximum Gasteiger partial charge on any atom is 0.113 e. The summed E-state index contributed by atoms with van der Waals surface area (Å²) in [6, 6.07) is 0. The molecule has 0 aromatic carbocycles. The van der Waals surface area contributed by atoms with E-state index in [1.807, 2.05) is 0 Å². The molecule has 0 bridgehead atoms. The van der Waals surface area contributed by atoms with E-state index in [-0.39, 0.29) is 0 Å². The van der Waals surface area contributed by atoms with Crippen LogP contribution in [-0.2, 0) is 4.74 Å². The summed E-state index contributed by atoms with van der Waals surface area (Å²) >= 11 is 2.20. The van der Waals surface area contributed by atoms with E-state index in [9.17, 15) is 0 Å². The Hall–Kier alpha value is 0.0300. The van der Waals surface area contributed by atoms with Crippen molar-refractivity contribution in [2.45, 2.75) is 0 Å². The summed E-state index contributed by atoms with van der Waals surface area (Å²) < 4.78 is 4.86. The normalized spacial score (nSPS) is 10.9. The standard InChI is InChI=1S/C7H10INOS/c1-6(10-3)4-7(9-2)5-11-8/h4H,1-2,5H2,3H3/b7-4-. The van der Waals surface area contributed by atoms with E-state index in [0.717, 1.165) is 11.4 Å². The molecule has 0 saturated heterocycles. The molecule has 11 heavy (non-hydrogen) atoms. The first-order chi connectivity index (χ1) is 5.24. The van der Waals surface area contributed by atoms with Gasteiger partial charge in [0.05, 0.1) is 12.8 Å². The van der Waals surface area contributed by atoms with E-state index in [4.69, 9.17) is 4.74 Å². The molecular weight excluding hydrogens is 273 g/mol. The smallest absolute Gasteiger partial charge is 0.113 e. The fourth-order valence-electron chi connectivity index (χ4n) is 0.434. The third-order valence-electron chi connectivity index (χ3n) is 0.995. The highest BCUT2D eigenvalue weighted by atomic mass is 127. The van der Waals surface area contributed by atoms with Gasteiger partial charge >= 0.3 is 0 Å². The zero-order chi connectivity index (χ0) is 8.69. The number of nitrogens with zero attached hydrogens (tertiary/aromatic N) is 1. The van der Waals surface area contributed by atoms with Crippen LogP contribution in [0.5, 0.6) is 0 Å². The Bertz CT molecular complexity index is 179. The Morgan fingerprint density at radius 1 is 1.82 bits per heavy atom. The maximum absolute atomic E-state index is 4.86. The van der Waals surface area contributed by atoms with E-state index >= 15 is 0 Å². The van der Waals surface area contributed by atoms with Gasteiger partial charge in [-0.15, -0.1) is 0 Å². The molecule has 0 unspecified atom stereocenters. The largest absolute Gasteiger partial charge is 0.497 e. The van der Waals surface area contributed by atoms with E-state index in [1.165, 1.54) is 0 Å². The molecule has 4 heteroatoms. The van der Waals surface area contributed by atoms with Crippen molar-refractivity contribution in [2.75, 3.05) is 12.9 Å². The third kappa shape index (κ3) is 5.32. The second-order valence-electron chi connectivity index (χ2n) is 1.72. The maximum atomic E-state index is 4.86. The molecule has 0 aromatic rings. The van der Waals surface area contributed by atoms with Gasteiger partial charge < -0.3 is 4.74 Å². The fourth-order valence-corrected chi connectivity index (χ4v) is 1.68. The summed E-state index contributed by atoms with van der Waals surface area (Å²) in [5, 5.41) is 0. The van der Waals surface area contributed by atoms with Crippen LogP contribution in [-0.4, -0.2) is 19.6 Å². The first-order valence-electron chi connectivity index (χ1n) is 2.88. The average Bonchev–Trinajstić information content (AvgIpc) is 2.03. The van der Waals surface area contributed by atoms with Crippen molar-refractivity contribution in [1.82, 2.24) is 0 Å². The van der Waals surface area contributed by atoms with Crippen LogP contribution >= 0.6 is 30.1 Å². The highest BCUT2D eigenvalue weighted by molar-refractivity contribution is 14.2. The average molecular weight is 283 g/mol. The molecule has 0 heterocycles. The Labute approximate surface area is 83.4 Å². The van der Waals surface area contributed by atoms with Crippen molar-refractivity contribution in [3.8, 4) is 0 Å². The molecule has 0 aliphatic carbocycles. The lowest BCUT2D eigenvalue weighted by molar-refractivity contribution is 0.308. The molecule has 0 atom stereocenters. The highest BCUT2D eigenvalue weighted by Crippen LogP contribution is 2.16. The molecule has 2 nitrogen and oxygen atoms in total. The molecule has 0 spiro atoms. The van der Waals surface area contributed by atoms with Crippen LogP contribution in [0.15, 0.2) is 29.1 Å². The topological polar surface area (TPSA) is 21.6 Å². The lowest BCUT2D eigenvalue weighted by Crippen LogP contribution is -1.85. The Kier molecular flexibility index (Phi) is 6.74. The van der Waals surface area contributed by atoms with Gasteiger partial charge in [0.25, 0.3) is 0 Å². The first-order valence-corrected chi connectivity index (χ1v) is 6.41. The van der Waals surface area contributed by atoms with Crippen molar-refractivity contribution >= 4 is 36.9 Å². The molecule has 0 amide bonds. The molecule has 0 aliphatic rings. The number of methoxy groups -OCH3 is 1. The molecule has 0 saturated carbocycles. The van der Waals surface area contributed by atoms with Crippen LogP contribution in [0.1, 0.15) is 0 Å². The zero-order valence-corrected chi connectivity index (χ0v) is 9.31. The second-order valence-corrected chi connectivity index (χ2v) is 4.09. The molecule has 0 fully saturated rings. The number of ether oxygens (including phenoxy) is 1. The summed E-state index contributed by atoms with van der Waals surface area (Å²) in [6.07, 6.45) is 1.78. The summed E-state index contributed by atoms with van der Waals surface area (Å²) in [5.41, 5.74) is 0.885. The quantitative estimate of drug-likeness (QED) is 0.335. The van der Waals surface area contributed by atoms with Gasteiger partial charge in [0.1, 0.15) is 5.76 Å². The molecular formula is C7H10INOS. The molecule has 0 radical (unpaired) electrons. The van der Waals surface area contributed by atoms with Crippen molar-refractivity contribution in [3.05, 3.63) is 24.1 Å². The fraction of sp³-hybridized carbons (Fsp3) is 0.286. The monoisotopic (exact) mass is 283 g/mol. The molecule has 0 N–H and O–H groups in total. The summed E-state index contributed by atoms with van der Waals surface area (Å²) in [7, 11) is 3.24. The van der Waals surface area contributed by atoms with Gasteiger partial charge in [0.15, 0.2) is 0 Å². The van der Waals surface area contributed by atoms with Gasteiger partial charge in [-0.2, -0.15) is 0 Å².